The highest BCUT2D eigenvalue weighted by Crippen LogP contribution is 2.56. The highest BCUT2D eigenvalue weighted by molar-refractivity contribution is 7.48. The molecule has 2 aliphatic heterocycles. The fraction of sp³-hybridized carbons (Fsp3) is 0.778. The van der Waals surface area contributed by atoms with E-state index < -0.39 is 7.82 Å². The third-order valence-corrected chi connectivity index (χ3v) is 8.07. The van der Waals surface area contributed by atoms with E-state index in [0.717, 1.165) is 19.3 Å². The molecule has 0 aromatic carbocycles. The molecule has 1 saturated carbocycles. The molecule has 26 heavy (non-hydrogen) atoms. The third-order valence-electron chi connectivity index (χ3n) is 6.68. The number of carbonyl (C=O) groups is 2. The number of fused-ring (bicyclic) bond motifs is 5. The molecule has 0 unspecified atom stereocenters. The molecule has 2 aliphatic carbocycles. The molecule has 0 spiro atoms. The van der Waals surface area contributed by atoms with Crippen LogP contribution in [0.4, 0.5) is 0 Å². The lowest BCUT2D eigenvalue weighted by atomic mass is 9.84. The summed E-state index contributed by atoms with van der Waals surface area (Å²) in [6.07, 6.45) is 6.78. The number of allylic oxidation sites excluding steroid dienone is 2. The van der Waals surface area contributed by atoms with Crippen LogP contribution in [0.2, 0.25) is 0 Å². The summed E-state index contributed by atoms with van der Waals surface area (Å²) < 4.78 is 28.7. The quantitative estimate of drug-likeness (QED) is 0.399. The lowest BCUT2D eigenvalue weighted by Gasteiger charge is -2.37. The number of amides is 2. The topological polar surface area (TPSA) is 82.1 Å². The van der Waals surface area contributed by atoms with E-state index in [4.69, 9.17) is 13.6 Å². The van der Waals surface area contributed by atoms with Gasteiger partial charge in [-0.25, -0.2) is 4.57 Å². The normalized spacial score (nSPS) is 36.8. The average Bonchev–Trinajstić information content (AvgIpc) is 3.32. The molecule has 0 N–H and O–H groups in total. The van der Waals surface area contributed by atoms with Gasteiger partial charge in [0.05, 0.1) is 38.2 Å². The molecule has 2 saturated heterocycles. The predicted octanol–water partition coefficient (Wildman–Crippen LogP) is 2.77. The van der Waals surface area contributed by atoms with Gasteiger partial charge in [-0.15, -0.1) is 0 Å². The smallest absolute Gasteiger partial charge is 0.286 e. The van der Waals surface area contributed by atoms with Crippen molar-refractivity contribution in [1.29, 1.82) is 0 Å². The lowest BCUT2D eigenvalue weighted by molar-refractivity contribution is -0.141. The first-order chi connectivity index (χ1) is 12.4. The highest BCUT2D eigenvalue weighted by atomic mass is 31.2. The van der Waals surface area contributed by atoms with Crippen molar-refractivity contribution in [3.05, 3.63) is 12.2 Å². The van der Waals surface area contributed by atoms with Crippen molar-refractivity contribution in [3.8, 4) is 0 Å². The minimum Gasteiger partial charge on any atom is -0.286 e. The number of carbonyl (C=O) groups excluding carboxylic acids is 2. The van der Waals surface area contributed by atoms with Gasteiger partial charge in [-0.3, -0.25) is 28.1 Å². The number of likely N-dealkylation sites (tertiary alicyclic amines) is 1. The molecule has 2 amide bonds. The Hall–Kier alpha value is -1.01. The highest BCUT2D eigenvalue weighted by Gasteiger charge is 2.59. The monoisotopic (exact) mass is 383 g/mol. The summed E-state index contributed by atoms with van der Waals surface area (Å²) in [6, 6.07) is 0. The molecule has 0 aromatic rings. The Morgan fingerprint density at radius 3 is 2.15 bits per heavy atom. The van der Waals surface area contributed by atoms with Crippen LogP contribution < -0.4 is 0 Å². The first-order valence-electron chi connectivity index (χ1n) is 9.49. The minimum absolute atomic E-state index is 0.0395. The molecular weight excluding hydrogens is 357 g/mol. The fourth-order valence-electron chi connectivity index (χ4n) is 4.67. The van der Waals surface area contributed by atoms with E-state index in [2.05, 4.69) is 26.0 Å². The number of hydrogen-bond acceptors (Lipinski definition) is 6. The lowest BCUT2D eigenvalue weighted by Crippen LogP contribution is -2.37. The molecule has 3 fully saturated rings. The number of nitrogens with zero attached hydrogens (tertiary/aromatic N) is 1. The van der Waals surface area contributed by atoms with Gasteiger partial charge in [0, 0.05) is 5.41 Å². The van der Waals surface area contributed by atoms with Gasteiger partial charge in [-0.1, -0.05) is 26.0 Å². The molecule has 7 nitrogen and oxygen atoms in total. The minimum atomic E-state index is -3.61. The molecule has 4 aliphatic rings. The standard InChI is InChI=1S/C18H26NO6P/c1-3-18(4-2)10-24-26(22,25-11-18)23-8-7-19-16(20)14-12-5-6-13(9-12)15(14)17(19)21/h5-6,12-15H,3-4,7-11H2,1-2H3/t12-,13+,14-,15+. The Labute approximate surface area is 153 Å². The second kappa shape index (κ2) is 6.55. The SMILES string of the molecule is CCC1(CC)COP(=O)(OCCN2C(=O)[C@@H]3[C@H](C2=O)[C@@H]2C=C[C@H]3C2)OC1. The van der Waals surface area contributed by atoms with Crippen LogP contribution in [0.5, 0.6) is 0 Å². The van der Waals surface area contributed by atoms with Crippen LogP contribution in [-0.2, 0) is 27.7 Å². The molecular formula is C18H26NO6P. The van der Waals surface area contributed by atoms with E-state index in [1.54, 1.807) is 0 Å². The second-order valence-corrected chi connectivity index (χ2v) is 9.53. The van der Waals surface area contributed by atoms with Crippen molar-refractivity contribution in [2.24, 2.45) is 29.1 Å². The zero-order valence-electron chi connectivity index (χ0n) is 15.3. The van der Waals surface area contributed by atoms with Gasteiger partial charge in [-0.05, 0) is 31.1 Å². The maximum atomic E-state index is 12.6. The van der Waals surface area contributed by atoms with Crippen LogP contribution in [0.3, 0.4) is 0 Å². The number of imide groups is 1. The molecule has 2 bridgehead atoms. The van der Waals surface area contributed by atoms with Crippen LogP contribution in [0.1, 0.15) is 33.1 Å². The van der Waals surface area contributed by atoms with E-state index in [1.165, 1.54) is 4.90 Å². The Morgan fingerprint density at radius 1 is 1.12 bits per heavy atom. The average molecular weight is 383 g/mol. The number of rotatable bonds is 6. The molecule has 4 rings (SSSR count). The largest absolute Gasteiger partial charge is 0.474 e. The summed E-state index contributed by atoms with van der Waals surface area (Å²) in [4.78, 5) is 26.5. The first-order valence-corrected chi connectivity index (χ1v) is 11.0. The van der Waals surface area contributed by atoms with E-state index >= 15 is 0 Å². The van der Waals surface area contributed by atoms with Crippen LogP contribution in [-0.4, -0.2) is 43.1 Å². The Balaban J connectivity index is 1.31. The van der Waals surface area contributed by atoms with Crippen molar-refractivity contribution in [2.45, 2.75) is 33.1 Å². The van der Waals surface area contributed by atoms with Crippen molar-refractivity contribution >= 4 is 19.6 Å². The summed E-state index contributed by atoms with van der Waals surface area (Å²) in [6.45, 7) is 4.82. The molecule has 8 heteroatoms. The third kappa shape index (κ3) is 2.80. The summed E-state index contributed by atoms with van der Waals surface area (Å²) in [5, 5.41) is 0. The molecule has 0 radical (unpaired) electrons. The van der Waals surface area contributed by atoms with Crippen molar-refractivity contribution < 1.29 is 27.7 Å². The van der Waals surface area contributed by atoms with E-state index in [-0.39, 0.29) is 54.1 Å². The van der Waals surface area contributed by atoms with Gasteiger partial charge in [0.15, 0.2) is 0 Å². The van der Waals surface area contributed by atoms with Crippen LogP contribution in [0.25, 0.3) is 0 Å². The van der Waals surface area contributed by atoms with Crippen molar-refractivity contribution in [1.82, 2.24) is 4.90 Å². The van der Waals surface area contributed by atoms with E-state index in [1.807, 2.05) is 0 Å². The first kappa shape index (κ1) is 18.4. The van der Waals surface area contributed by atoms with Gasteiger partial charge in [0.2, 0.25) is 11.8 Å². The summed E-state index contributed by atoms with van der Waals surface area (Å²) >= 11 is 0. The van der Waals surface area contributed by atoms with Crippen LogP contribution in [0, 0.1) is 29.1 Å². The maximum absolute atomic E-state index is 12.6. The molecule has 0 aromatic heterocycles. The zero-order chi connectivity index (χ0) is 18.5. The number of phosphoric acid groups is 1. The van der Waals surface area contributed by atoms with E-state index in [9.17, 15) is 14.2 Å². The van der Waals surface area contributed by atoms with Gasteiger partial charge in [0.1, 0.15) is 0 Å². The fourth-order valence-corrected chi connectivity index (χ4v) is 6.06. The van der Waals surface area contributed by atoms with Crippen molar-refractivity contribution in [3.63, 3.8) is 0 Å². The molecule has 4 atom stereocenters. The summed E-state index contributed by atoms with van der Waals surface area (Å²) in [7, 11) is -3.61. The number of phosphoric ester groups is 1. The van der Waals surface area contributed by atoms with Crippen LogP contribution >= 0.6 is 7.82 Å². The Kier molecular flexibility index (Phi) is 4.63. The summed E-state index contributed by atoms with van der Waals surface area (Å²) in [5.41, 5.74) is -0.123. The molecule has 144 valence electrons. The van der Waals surface area contributed by atoms with E-state index in [0.29, 0.717) is 13.2 Å². The van der Waals surface area contributed by atoms with Gasteiger partial charge in [-0.2, -0.15) is 0 Å². The van der Waals surface area contributed by atoms with Gasteiger partial charge < -0.3 is 0 Å². The maximum Gasteiger partial charge on any atom is 0.474 e. The zero-order valence-corrected chi connectivity index (χ0v) is 16.2. The second-order valence-electron chi connectivity index (χ2n) is 7.86. The Bertz CT molecular complexity index is 643. The molecule has 2 heterocycles. The van der Waals surface area contributed by atoms with Gasteiger partial charge in [0.25, 0.3) is 0 Å². The predicted molar refractivity (Wildman–Crippen MR) is 92.9 cm³/mol. The van der Waals surface area contributed by atoms with Crippen molar-refractivity contribution in [2.75, 3.05) is 26.4 Å². The number of hydrogen-bond donors (Lipinski definition) is 0. The van der Waals surface area contributed by atoms with Gasteiger partial charge >= 0.3 is 7.82 Å². The summed E-state index contributed by atoms with van der Waals surface area (Å²) in [5.74, 6) is -0.310. The van der Waals surface area contributed by atoms with Crippen LogP contribution in [0.15, 0.2) is 12.2 Å². The Morgan fingerprint density at radius 2 is 1.65 bits per heavy atom.